The van der Waals surface area contributed by atoms with Crippen LogP contribution in [0.4, 0.5) is 5.69 Å². The first-order chi connectivity index (χ1) is 10.4. The van der Waals surface area contributed by atoms with Crippen LogP contribution in [0.3, 0.4) is 0 Å². The van der Waals surface area contributed by atoms with Crippen LogP contribution in [0.2, 0.25) is 0 Å². The lowest BCUT2D eigenvalue weighted by molar-refractivity contribution is -0.123. The lowest BCUT2D eigenvalue weighted by Gasteiger charge is -2.27. The molecule has 1 unspecified atom stereocenters. The van der Waals surface area contributed by atoms with Gasteiger partial charge in [0.25, 0.3) is 0 Å². The quantitative estimate of drug-likeness (QED) is 0.735. The van der Waals surface area contributed by atoms with E-state index in [1.54, 1.807) is 4.90 Å². The van der Waals surface area contributed by atoms with Gasteiger partial charge in [0.05, 0.1) is 12.0 Å². The zero-order valence-electron chi connectivity index (χ0n) is 12.3. The number of rotatable bonds is 4. The van der Waals surface area contributed by atoms with Crippen LogP contribution in [0.1, 0.15) is 18.9 Å². The fourth-order valence-corrected chi connectivity index (χ4v) is 3.28. The molecule has 0 spiro atoms. The number of hydrogen-bond donors (Lipinski definition) is 0. The van der Waals surface area contributed by atoms with E-state index in [0.29, 0.717) is 13.0 Å². The smallest absolute Gasteiger partial charge is 0.236 e. The Morgan fingerprint density at radius 2 is 1.55 bits per heavy atom. The van der Waals surface area contributed by atoms with Crippen molar-refractivity contribution < 1.29 is 4.79 Å². The third-order valence-electron chi connectivity index (χ3n) is 4.23. The number of anilines is 1. The van der Waals surface area contributed by atoms with Crippen LogP contribution in [0.5, 0.6) is 0 Å². The summed E-state index contributed by atoms with van der Waals surface area (Å²) in [5, 5.41) is 0. The number of carbonyl (C=O) groups excluding carboxylic acids is 1. The molecule has 0 aliphatic heterocycles. The zero-order valence-corrected chi connectivity index (χ0v) is 13.8. The molecule has 0 aromatic heterocycles. The van der Waals surface area contributed by atoms with Crippen molar-refractivity contribution in [3.63, 3.8) is 0 Å². The predicted molar refractivity (Wildman–Crippen MR) is 91.2 cm³/mol. The van der Waals surface area contributed by atoms with Crippen LogP contribution >= 0.6 is 23.2 Å². The van der Waals surface area contributed by atoms with Gasteiger partial charge in [0.1, 0.15) is 4.33 Å². The number of benzene rings is 2. The van der Waals surface area contributed by atoms with Gasteiger partial charge in [-0.25, -0.2) is 0 Å². The lowest BCUT2D eigenvalue weighted by Crippen LogP contribution is -2.38. The molecule has 2 aromatic rings. The van der Waals surface area contributed by atoms with E-state index in [9.17, 15) is 4.79 Å². The van der Waals surface area contributed by atoms with Gasteiger partial charge in [-0.1, -0.05) is 48.5 Å². The maximum absolute atomic E-state index is 13.0. The van der Waals surface area contributed by atoms with Crippen LogP contribution in [-0.4, -0.2) is 10.2 Å². The van der Waals surface area contributed by atoms with Crippen molar-refractivity contribution in [1.29, 1.82) is 0 Å². The number of para-hydroxylation sites is 1. The van der Waals surface area contributed by atoms with Gasteiger partial charge >= 0.3 is 0 Å². The number of carbonyl (C=O) groups is 1. The predicted octanol–water partition coefficient (Wildman–Crippen LogP) is 4.80. The molecule has 1 aliphatic carbocycles. The van der Waals surface area contributed by atoms with Crippen molar-refractivity contribution in [2.45, 2.75) is 24.2 Å². The fourth-order valence-electron chi connectivity index (χ4n) is 2.58. The molecule has 0 saturated heterocycles. The summed E-state index contributed by atoms with van der Waals surface area (Å²) in [6, 6.07) is 19.5. The van der Waals surface area contributed by atoms with Gasteiger partial charge in [-0.2, -0.15) is 0 Å². The molecule has 0 N–H and O–H groups in total. The van der Waals surface area contributed by atoms with E-state index in [4.69, 9.17) is 23.2 Å². The maximum atomic E-state index is 13.0. The minimum absolute atomic E-state index is 0.0347. The second kappa shape index (κ2) is 5.60. The van der Waals surface area contributed by atoms with Crippen molar-refractivity contribution in [3.05, 3.63) is 66.2 Å². The Labute approximate surface area is 140 Å². The SMILES string of the molecule is CC1(C(=O)N(Cc2ccccc2)c2ccccc2)CC1(Cl)Cl. The Morgan fingerprint density at radius 3 is 2.05 bits per heavy atom. The van der Waals surface area contributed by atoms with Gasteiger partial charge in [-0.3, -0.25) is 4.79 Å². The number of alkyl halides is 2. The number of nitrogens with zero attached hydrogens (tertiary/aromatic N) is 1. The van der Waals surface area contributed by atoms with Crippen LogP contribution in [-0.2, 0) is 11.3 Å². The van der Waals surface area contributed by atoms with Gasteiger partial charge in [0.15, 0.2) is 0 Å². The molecule has 2 nitrogen and oxygen atoms in total. The van der Waals surface area contributed by atoms with Crippen molar-refractivity contribution >= 4 is 34.8 Å². The minimum Gasteiger partial charge on any atom is -0.307 e. The second-order valence-corrected chi connectivity index (χ2v) is 7.41. The molecular weight excluding hydrogens is 317 g/mol. The van der Waals surface area contributed by atoms with Crippen molar-refractivity contribution in [1.82, 2.24) is 0 Å². The third kappa shape index (κ3) is 2.73. The lowest BCUT2D eigenvalue weighted by atomic mass is 10.1. The topological polar surface area (TPSA) is 20.3 Å². The van der Waals surface area contributed by atoms with E-state index in [2.05, 4.69) is 0 Å². The highest BCUT2D eigenvalue weighted by Gasteiger charge is 2.68. The molecule has 1 aliphatic rings. The van der Waals surface area contributed by atoms with Crippen LogP contribution in [0.25, 0.3) is 0 Å². The molecule has 4 heteroatoms. The molecular formula is C18H17Cl2NO. The van der Waals surface area contributed by atoms with Crippen LogP contribution in [0.15, 0.2) is 60.7 Å². The Morgan fingerprint density at radius 1 is 1.05 bits per heavy atom. The Hall–Kier alpha value is -1.51. The second-order valence-electron chi connectivity index (χ2n) is 5.93. The Bertz CT molecular complexity index is 672. The highest BCUT2D eigenvalue weighted by Crippen LogP contribution is 2.64. The molecule has 0 bridgehead atoms. The minimum atomic E-state index is -0.964. The molecule has 2 aromatic carbocycles. The average molecular weight is 334 g/mol. The summed E-state index contributed by atoms with van der Waals surface area (Å²) in [7, 11) is 0. The zero-order chi connectivity index (χ0) is 15.8. The average Bonchev–Trinajstić information content (AvgIpc) is 3.06. The van der Waals surface area contributed by atoms with Gasteiger partial charge in [-0.05, 0) is 31.0 Å². The van der Waals surface area contributed by atoms with E-state index in [0.717, 1.165) is 11.3 Å². The van der Waals surface area contributed by atoms with Gasteiger partial charge in [0, 0.05) is 5.69 Å². The van der Waals surface area contributed by atoms with E-state index in [-0.39, 0.29) is 5.91 Å². The van der Waals surface area contributed by atoms with Crippen molar-refractivity contribution in [2.24, 2.45) is 5.41 Å². The number of amides is 1. The van der Waals surface area contributed by atoms with Crippen LogP contribution in [0, 0.1) is 5.41 Å². The summed E-state index contributed by atoms with van der Waals surface area (Å²) in [4.78, 5) is 14.8. The molecule has 1 amide bonds. The van der Waals surface area contributed by atoms with Crippen LogP contribution < -0.4 is 4.90 Å². The number of halogens is 2. The first kappa shape index (κ1) is 15.4. The fraction of sp³-hybridized carbons (Fsp3) is 0.278. The van der Waals surface area contributed by atoms with Gasteiger partial charge in [0.2, 0.25) is 5.91 Å². The highest BCUT2D eigenvalue weighted by atomic mass is 35.5. The van der Waals surface area contributed by atoms with Crippen molar-refractivity contribution in [2.75, 3.05) is 4.90 Å². The largest absolute Gasteiger partial charge is 0.307 e. The van der Waals surface area contributed by atoms with Crippen molar-refractivity contribution in [3.8, 4) is 0 Å². The molecule has 114 valence electrons. The van der Waals surface area contributed by atoms with Gasteiger partial charge in [-0.15, -0.1) is 23.2 Å². The first-order valence-electron chi connectivity index (χ1n) is 7.23. The summed E-state index contributed by atoms with van der Waals surface area (Å²) in [6.45, 7) is 2.33. The summed E-state index contributed by atoms with van der Waals surface area (Å²) in [5.74, 6) is -0.0347. The third-order valence-corrected chi connectivity index (χ3v) is 5.33. The summed E-state index contributed by atoms with van der Waals surface area (Å²) >= 11 is 12.4. The monoisotopic (exact) mass is 333 g/mol. The normalized spacial score (nSPS) is 22.1. The molecule has 3 rings (SSSR count). The van der Waals surface area contributed by atoms with E-state index in [1.165, 1.54) is 0 Å². The molecule has 1 saturated carbocycles. The molecule has 0 radical (unpaired) electrons. The Kier molecular flexibility index (Phi) is 3.92. The standard InChI is InChI=1S/C18H17Cl2NO/c1-17(13-18(17,19)20)16(22)21(15-10-6-3-7-11-15)12-14-8-4-2-5-9-14/h2-11H,12-13H2,1H3. The van der Waals surface area contributed by atoms with E-state index in [1.807, 2.05) is 67.6 Å². The first-order valence-corrected chi connectivity index (χ1v) is 7.98. The van der Waals surface area contributed by atoms with E-state index >= 15 is 0 Å². The molecule has 22 heavy (non-hydrogen) atoms. The number of hydrogen-bond acceptors (Lipinski definition) is 1. The molecule has 0 heterocycles. The maximum Gasteiger partial charge on any atom is 0.236 e. The summed E-state index contributed by atoms with van der Waals surface area (Å²) in [5.41, 5.74) is 1.20. The molecule has 1 atom stereocenters. The Balaban J connectivity index is 1.92. The highest BCUT2D eigenvalue weighted by molar-refractivity contribution is 6.53. The summed E-state index contributed by atoms with van der Waals surface area (Å²) in [6.07, 6.45) is 0.486. The molecule has 1 fully saturated rings. The van der Waals surface area contributed by atoms with Gasteiger partial charge < -0.3 is 4.90 Å². The van der Waals surface area contributed by atoms with E-state index < -0.39 is 9.75 Å². The summed E-state index contributed by atoms with van der Waals surface area (Å²) < 4.78 is -0.964.